The van der Waals surface area contributed by atoms with E-state index in [9.17, 15) is 18.0 Å². The summed E-state index contributed by atoms with van der Waals surface area (Å²) < 4.78 is 37.9. The van der Waals surface area contributed by atoms with Gasteiger partial charge in [0.05, 0.1) is 12.0 Å². The second-order valence-corrected chi connectivity index (χ2v) is 5.99. The van der Waals surface area contributed by atoms with Crippen LogP contribution in [0.2, 0.25) is 0 Å². The van der Waals surface area contributed by atoms with Crippen LogP contribution in [-0.2, 0) is 17.4 Å². The lowest BCUT2D eigenvalue weighted by Gasteiger charge is -2.29. The number of benzene rings is 1. The summed E-state index contributed by atoms with van der Waals surface area (Å²) in [7, 11) is 1.63. The van der Waals surface area contributed by atoms with Crippen molar-refractivity contribution in [2.75, 3.05) is 20.1 Å². The van der Waals surface area contributed by atoms with Crippen LogP contribution in [0, 0.1) is 5.41 Å². The number of nitrogens with zero attached hydrogens (tertiary/aromatic N) is 1. The number of carbonyl (C=O) groups is 1. The molecule has 7 heteroatoms. The molecule has 0 saturated heterocycles. The molecular weight excluding hydrogens is 317 g/mol. The van der Waals surface area contributed by atoms with Crippen LogP contribution in [0.4, 0.5) is 13.2 Å². The van der Waals surface area contributed by atoms with E-state index in [4.69, 9.17) is 5.73 Å². The summed E-state index contributed by atoms with van der Waals surface area (Å²) in [5.41, 5.74) is 5.00. The topological polar surface area (TPSA) is 46.3 Å². The van der Waals surface area contributed by atoms with Crippen LogP contribution in [0.25, 0.3) is 0 Å². The molecule has 0 spiro atoms. The van der Waals surface area contributed by atoms with Crippen LogP contribution in [-0.4, -0.2) is 30.9 Å². The van der Waals surface area contributed by atoms with Crippen LogP contribution in [0.15, 0.2) is 24.3 Å². The van der Waals surface area contributed by atoms with Crippen LogP contribution in [0.3, 0.4) is 0 Å². The second-order valence-electron chi connectivity index (χ2n) is 5.99. The van der Waals surface area contributed by atoms with Gasteiger partial charge in [0.25, 0.3) is 0 Å². The molecule has 0 saturated carbocycles. The van der Waals surface area contributed by atoms with Crippen LogP contribution in [0.1, 0.15) is 25.0 Å². The number of hydrogen-bond acceptors (Lipinski definition) is 2. The van der Waals surface area contributed by atoms with E-state index in [2.05, 4.69) is 0 Å². The molecule has 1 aromatic rings. The van der Waals surface area contributed by atoms with Crippen molar-refractivity contribution in [1.29, 1.82) is 0 Å². The van der Waals surface area contributed by atoms with Gasteiger partial charge in [0, 0.05) is 13.6 Å². The molecule has 22 heavy (non-hydrogen) atoms. The predicted molar refractivity (Wildman–Crippen MR) is 82.9 cm³/mol. The quantitative estimate of drug-likeness (QED) is 0.896. The Bertz CT molecular complexity index is 504. The van der Waals surface area contributed by atoms with Gasteiger partial charge in [-0.15, -0.1) is 12.4 Å². The van der Waals surface area contributed by atoms with E-state index in [0.717, 1.165) is 12.1 Å². The van der Waals surface area contributed by atoms with Gasteiger partial charge >= 0.3 is 6.18 Å². The normalized spacial score (nSPS) is 11.8. The van der Waals surface area contributed by atoms with E-state index < -0.39 is 11.7 Å². The number of nitrogens with two attached hydrogens (primary N) is 1. The minimum Gasteiger partial charge on any atom is -0.345 e. The van der Waals surface area contributed by atoms with Gasteiger partial charge in [-0.2, -0.15) is 13.2 Å². The molecule has 0 aliphatic heterocycles. The highest BCUT2D eigenvalue weighted by Gasteiger charge is 2.30. The van der Waals surface area contributed by atoms with E-state index in [-0.39, 0.29) is 30.2 Å². The van der Waals surface area contributed by atoms with Crippen molar-refractivity contribution < 1.29 is 18.0 Å². The van der Waals surface area contributed by atoms with Gasteiger partial charge in [-0.05, 0) is 23.6 Å². The predicted octanol–water partition coefficient (Wildman–Crippen LogP) is 3.11. The molecule has 1 aromatic carbocycles. The van der Waals surface area contributed by atoms with E-state index >= 15 is 0 Å². The molecular formula is C15H22ClF3N2O. The fourth-order valence-electron chi connectivity index (χ4n) is 1.96. The van der Waals surface area contributed by atoms with Crippen molar-refractivity contribution in [2.24, 2.45) is 11.1 Å². The molecule has 0 aliphatic carbocycles. The average Bonchev–Trinajstić information content (AvgIpc) is 2.37. The summed E-state index contributed by atoms with van der Waals surface area (Å²) >= 11 is 0. The Hall–Kier alpha value is -1.27. The summed E-state index contributed by atoms with van der Waals surface area (Å²) in [6.07, 6.45) is -4.45. The zero-order valence-corrected chi connectivity index (χ0v) is 13.7. The molecule has 0 aliphatic rings. The van der Waals surface area contributed by atoms with E-state index in [0.29, 0.717) is 18.7 Å². The first kappa shape index (κ1) is 20.7. The Morgan fingerprint density at radius 2 is 1.86 bits per heavy atom. The van der Waals surface area contributed by atoms with Gasteiger partial charge < -0.3 is 10.6 Å². The first-order valence-corrected chi connectivity index (χ1v) is 6.65. The van der Waals surface area contributed by atoms with Gasteiger partial charge in [-0.3, -0.25) is 4.79 Å². The van der Waals surface area contributed by atoms with E-state index in [1.54, 1.807) is 7.05 Å². The first-order chi connectivity index (χ1) is 9.55. The number of halogens is 4. The van der Waals surface area contributed by atoms with Gasteiger partial charge in [0.2, 0.25) is 5.91 Å². The second kappa shape index (κ2) is 7.83. The summed E-state index contributed by atoms with van der Waals surface area (Å²) in [5, 5.41) is 0. The Balaban J connectivity index is 0.00000441. The van der Waals surface area contributed by atoms with Crippen molar-refractivity contribution in [3.8, 4) is 0 Å². The molecule has 1 rings (SSSR count). The third-order valence-electron chi connectivity index (χ3n) is 3.25. The minimum absolute atomic E-state index is 0. The fraction of sp³-hybridized carbons (Fsp3) is 0.533. The van der Waals surface area contributed by atoms with Gasteiger partial charge in [-0.25, -0.2) is 0 Å². The van der Waals surface area contributed by atoms with E-state index in [1.165, 1.54) is 17.0 Å². The number of hydrogen-bond donors (Lipinski definition) is 1. The molecule has 0 bridgehead atoms. The van der Waals surface area contributed by atoms with Crippen molar-refractivity contribution >= 4 is 18.3 Å². The van der Waals surface area contributed by atoms with Crippen LogP contribution >= 0.6 is 12.4 Å². The number of rotatable bonds is 5. The minimum atomic E-state index is -4.40. The standard InChI is InChI=1S/C15H21F3N2O.ClH/c1-14(2,9-19)10-20(3)13(21)8-11-5-4-6-12(7-11)15(16,17)18;/h4-7H,8-10,19H2,1-3H3;1H. The number of carbonyl (C=O) groups excluding carboxylic acids is 1. The monoisotopic (exact) mass is 338 g/mol. The van der Waals surface area contributed by atoms with Crippen LogP contribution < -0.4 is 5.73 Å². The Morgan fingerprint density at radius 1 is 1.27 bits per heavy atom. The van der Waals surface area contributed by atoms with Gasteiger partial charge in [0.1, 0.15) is 0 Å². The molecule has 0 atom stereocenters. The summed E-state index contributed by atoms with van der Waals surface area (Å²) in [6, 6.07) is 4.85. The molecule has 3 nitrogen and oxygen atoms in total. The molecule has 126 valence electrons. The number of amides is 1. The number of likely N-dealkylation sites (N-methyl/N-ethyl adjacent to an activating group) is 1. The smallest absolute Gasteiger partial charge is 0.345 e. The fourth-order valence-corrected chi connectivity index (χ4v) is 1.96. The zero-order chi connectivity index (χ0) is 16.3. The lowest BCUT2D eigenvalue weighted by molar-refractivity contribution is -0.138. The maximum absolute atomic E-state index is 12.6. The van der Waals surface area contributed by atoms with Crippen molar-refractivity contribution in [1.82, 2.24) is 4.90 Å². The van der Waals surface area contributed by atoms with Crippen LogP contribution in [0.5, 0.6) is 0 Å². The molecule has 2 N–H and O–H groups in total. The SMILES string of the molecule is CN(CC(C)(C)CN)C(=O)Cc1cccc(C(F)(F)F)c1.Cl. The van der Waals surface area contributed by atoms with Crippen molar-refractivity contribution in [3.05, 3.63) is 35.4 Å². The van der Waals surface area contributed by atoms with Gasteiger partial charge in [-0.1, -0.05) is 32.0 Å². The first-order valence-electron chi connectivity index (χ1n) is 6.65. The highest BCUT2D eigenvalue weighted by Crippen LogP contribution is 2.29. The summed E-state index contributed by atoms with van der Waals surface area (Å²) in [5.74, 6) is -0.226. The third kappa shape index (κ3) is 6.23. The highest BCUT2D eigenvalue weighted by atomic mass is 35.5. The highest BCUT2D eigenvalue weighted by molar-refractivity contribution is 5.85. The molecule has 1 amide bonds. The maximum Gasteiger partial charge on any atom is 0.416 e. The summed E-state index contributed by atoms with van der Waals surface area (Å²) in [6.45, 7) is 4.75. The largest absolute Gasteiger partial charge is 0.416 e. The van der Waals surface area contributed by atoms with Crippen molar-refractivity contribution in [3.63, 3.8) is 0 Å². The third-order valence-corrected chi connectivity index (χ3v) is 3.25. The molecule has 0 unspecified atom stereocenters. The Kier molecular flexibility index (Phi) is 7.38. The Labute approximate surface area is 135 Å². The van der Waals surface area contributed by atoms with Gasteiger partial charge in [0.15, 0.2) is 0 Å². The lowest BCUT2D eigenvalue weighted by atomic mass is 9.93. The van der Waals surface area contributed by atoms with Crippen molar-refractivity contribution in [2.45, 2.75) is 26.4 Å². The molecule has 0 fully saturated rings. The maximum atomic E-state index is 12.6. The molecule has 0 aromatic heterocycles. The summed E-state index contributed by atoms with van der Waals surface area (Å²) in [4.78, 5) is 13.6. The molecule has 0 radical (unpaired) electrons. The van der Waals surface area contributed by atoms with E-state index in [1.807, 2.05) is 13.8 Å². The molecule has 0 heterocycles. The lowest BCUT2D eigenvalue weighted by Crippen LogP contribution is -2.40. The Morgan fingerprint density at radius 3 is 2.36 bits per heavy atom. The number of alkyl halides is 3. The zero-order valence-electron chi connectivity index (χ0n) is 12.9. The average molecular weight is 339 g/mol.